The summed E-state index contributed by atoms with van der Waals surface area (Å²) in [6, 6.07) is 9.64. The minimum atomic E-state index is 0.573. The van der Waals surface area contributed by atoms with Gasteiger partial charge in [-0.05, 0) is 49.3 Å². The zero-order chi connectivity index (χ0) is 14.2. The van der Waals surface area contributed by atoms with Crippen LogP contribution in [0, 0.1) is 5.92 Å². The smallest absolute Gasteiger partial charge is 0.0351 e. The molecule has 0 spiro atoms. The Kier molecular flexibility index (Phi) is 6.59. The molecule has 112 valence electrons. The van der Waals surface area contributed by atoms with Crippen LogP contribution in [-0.4, -0.2) is 6.54 Å². The zero-order valence-electron chi connectivity index (χ0n) is 13.3. The third-order valence-corrected chi connectivity index (χ3v) is 4.76. The molecule has 1 N–H and O–H groups in total. The maximum Gasteiger partial charge on any atom is 0.0351 e. The van der Waals surface area contributed by atoms with E-state index in [9.17, 15) is 0 Å². The SMILES string of the molecule is CCCNC(c1ccccc1CC)C1CCCCCC1. The zero-order valence-corrected chi connectivity index (χ0v) is 13.3. The Hall–Kier alpha value is -0.820. The highest BCUT2D eigenvalue weighted by atomic mass is 14.9. The molecule has 0 heterocycles. The Morgan fingerprint density at radius 1 is 1.05 bits per heavy atom. The Bertz CT molecular complexity index is 377. The third-order valence-electron chi connectivity index (χ3n) is 4.76. The van der Waals surface area contributed by atoms with E-state index in [0.717, 1.165) is 18.9 Å². The maximum atomic E-state index is 3.86. The first kappa shape index (κ1) is 15.6. The normalized spacial score (nSPS) is 18.7. The molecule has 1 aromatic rings. The van der Waals surface area contributed by atoms with E-state index in [1.807, 2.05) is 0 Å². The summed E-state index contributed by atoms with van der Waals surface area (Å²) in [6.45, 7) is 5.69. The topological polar surface area (TPSA) is 12.0 Å². The summed E-state index contributed by atoms with van der Waals surface area (Å²) in [6.07, 6.45) is 10.9. The minimum Gasteiger partial charge on any atom is -0.310 e. The molecule has 20 heavy (non-hydrogen) atoms. The molecular weight excluding hydrogens is 242 g/mol. The fourth-order valence-corrected chi connectivity index (χ4v) is 3.63. The average Bonchev–Trinajstić information content (AvgIpc) is 2.77. The third kappa shape index (κ3) is 4.09. The molecule has 0 radical (unpaired) electrons. The van der Waals surface area contributed by atoms with Crippen LogP contribution in [0.4, 0.5) is 0 Å². The lowest BCUT2D eigenvalue weighted by Crippen LogP contribution is -2.29. The van der Waals surface area contributed by atoms with E-state index in [1.165, 1.54) is 50.5 Å². The molecule has 1 fully saturated rings. The van der Waals surface area contributed by atoms with E-state index < -0.39 is 0 Å². The molecule has 0 amide bonds. The Morgan fingerprint density at radius 3 is 2.40 bits per heavy atom. The Balaban J connectivity index is 2.20. The molecule has 1 unspecified atom stereocenters. The highest BCUT2D eigenvalue weighted by Crippen LogP contribution is 2.35. The van der Waals surface area contributed by atoms with Crippen LogP contribution in [-0.2, 0) is 6.42 Å². The minimum absolute atomic E-state index is 0.573. The molecule has 1 saturated carbocycles. The molecule has 0 aliphatic heterocycles. The van der Waals surface area contributed by atoms with E-state index >= 15 is 0 Å². The van der Waals surface area contributed by atoms with Crippen molar-refractivity contribution >= 4 is 0 Å². The van der Waals surface area contributed by atoms with Crippen molar-refractivity contribution in [2.45, 2.75) is 71.3 Å². The fourth-order valence-electron chi connectivity index (χ4n) is 3.63. The van der Waals surface area contributed by atoms with Crippen LogP contribution in [0.15, 0.2) is 24.3 Å². The number of benzene rings is 1. The molecular formula is C19H31N. The van der Waals surface area contributed by atoms with Crippen molar-refractivity contribution in [1.82, 2.24) is 5.32 Å². The van der Waals surface area contributed by atoms with Crippen LogP contribution in [0.25, 0.3) is 0 Å². The molecule has 0 aromatic heterocycles. The van der Waals surface area contributed by atoms with Gasteiger partial charge >= 0.3 is 0 Å². The van der Waals surface area contributed by atoms with Gasteiger partial charge in [0.1, 0.15) is 0 Å². The summed E-state index contributed by atoms with van der Waals surface area (Å²) in [5.41, 5.74) is 3.10. The molecule has 2 rings (SSSR count). The summed E-state index contributed by atoms with van der Waals surface area (Å²) in [4.78, 5) is 0. The van der Waals surface area contributed by atoms with E-state index in [2.05, 4.69) is 43.4 Å². The first-order chi connectivity index (χ1) is 9.86. The van der Waals surface area contributed by atoms with Crippen LogP contribution >= 0.6 is 0 Å². The first-order valence-electron chi connectivity index (χ1n) is 8.68. The van der Waals surface area contributed by atoms with Gasteiger partial charge in [0.05, 0.1) is 0 Å². The molecule has 1 nitrogen and oxygen atoms in total. The van der Waals surface area contributed by atoms with Crippen LogP contribution in [0.2, 0.25) is 0 Å². The molecule has 1 heteroatoms. The second-order valence-electron chi connectivity index (χ2n) is 6.24. The van der Waals surface area contributed by atoms with Gasteiger partial charge in [-0.15, -0.1) is 0 Å². The van der Waals surface area contributed by atoms with Crippen LogP contribution in [0.1, 0.15) is 76.0 Å². The van der Waals surface area contributed by atoms with E-state index in [4.69, 9.17) is 0 Å². The lowest BCUT2D eigenvalue weighted by atomic mass is 9.84. The van der Waals surface area contributed by atoms with Crippen molar-refractivity contribution in [3.63, 3.8) is 0 Å². The summed E-state index contributed by atoms with van der Waals surface area (Å²) in [7, 11) is 0. The second kappa shape index (κ2) is 8.46. The van der Waals surface area contributed by atoms with Crippen LogP contribution in [0.3, 0.4) is 0 Å². The standard InChI is InChI=1S/C19H31N/c1-3-15-20-19(17-12-7-5-6-8-13-17)18-14-10-9-11-16(18)4-2/h9-11,14,17,19-20H,3-8,12-13,15H2,1-2H3. The number of rotatable bonds is 6. The summed E-state index contributed by atoms with van der Waals surface area (Å²) < 4.78 is 0. The quantitative estimate of drug-likeness (QED) is 0.697. The van der Waals surface area contributed by atoms with Gasteiger partial charge in [-0.3, -0.25) is 0 Å². The van der Waals surface area contributed by atoms with Gasteiger partial charge in [-0.2, -0.15) is 0 Å². The molecule has 1 aliphatic rings. The van der Waals surface area contributed by atoms with Gasteiger partial charge in [0, 0.05) is 6.04 Å². The van der Waals surface area contributed by atoms with Gasteiger partial charge in [-0.1, -0.05) is 63.8 Å². The fraction of sp³-hybridized carbons (Fsp3) is 0.684. The Morgan fingerprint density at radius 2 is 1.75 bits per heavy atom. The molecule has 1 aromatic carbocycles. The summed E-state index contributed by atoms with van der Waals surface area (Å²) >= 11 is 0. The summed E-state index contributed by atoms with van der Waals surface area (Å²) in [5.74, 6) is 0.830. The van der Waals surface area contributed by atoms with Gasteiger partial charge in [0.2, 0.25) is 0 Å². The van der Waals surface area contributed by atoms with Gasteiger partial charge in [0.15, 0.2) is 0 Å². The maximum absolute atomic E-state index is 3.86. The Labute approximate surface area is 125 Å². The van der Waals surface area contributed by atoms with E-state index in [0.29, 0.717) is 6.04 Å². The van der Waals surface area contributed by atoms with Crippen molar-refractivity contribution in [2.75, 3.05) is 6.54 Å². The molecule has 1 aliphatic carbocycles. The van der Waals surface area contributed by atoms with Gasteiger partial charge in [0.25, 0.3) is 0 Å². The second-order valence-corrected chi connectivity index (χ2v) is 6.24. The van der Waals surface area contributed by atoms with Gasteiger partial charge < -0.3 is 5.32 Å². The monoisotopic (exact) mass is 273 g/mol. The van der Waals surface area contributed by atoms with Crippen molar-refractivity contribution in [3.05, 3.63) is 35.4 Å². The van der Waals surface area contributed by atoms with Crippen molar-refractivity contribution in [1.29, 1.82) is 0 Å². The highest BCUT2D eigenvalue weighted by Gasteiger charge is 2.24. The molecule has 0 saturated heterocycles. The van der Waals surface area contributed by atoms with Crippen LogP contribution < -0.4 is 5.32 Å². The summed E-state index contributed by atoms with van der Waals surface area (Å²) in [5, 5.41) is 3.86. The number of aryl methyl sites for hydroxylation is 1. The number of hydrogen-bond donors (Lipinski definition) is 1. The largest absolute Gasteiger partial charge is 0.310 e. The van der Waals surface area contributed by atoms with Crippen LogP contribution in [0.5, 0.6) is 0 Å². The lowest BCUT2D eigenvalue weighted by molar-refractivity contribution is 0.324. The van der Waals surface area contributed by atoms with Gasteiger partial charge in [-0.25, -0.2) is 0 Å². The first-order valence-corrected chi connectivity index (χ1v) is 8.68. The number of nitrogens with one attached hydrogen (secondary N) is 1. The van der Waals surface area contributed by atoms with Crippen molar-refractivity contribution in [2.24, 2.45) is 5.92 Å². The average molecular weight is 273 g/mol. The predicted molar refractivity (Wildman–Crippen MR) is 88.0 cm³/mol. The van der Waals surface area contributed by atoms with E-state index in [1.54, 1.807) is 5.56 Å². The van der Waals surface area contributed by atoms with E-state index in [-0.39, 0.29) is 0 Å². The molecule has 0 bridgehead atoms. The van der Waals surface area contributed by atoms with Crippen molar-refractivity contribution in [3.8, 4) is 0 Å². The number of hydrogen-bond acceptors (Lipinski definition) is 1. The lowest BCUT2D eigenvalue weighted by Gasteiger charge is -2.29. The highest BCUT2D eigenvalue weighted by molar-refractivity contribution is 5.30. The van der Waals surface area contributed by atoms with Crippen molar-refractivity contribution < 1.29 is 0 Å². The molecule has 1 atom stereocenters. The predicted octanol–water partition coefficient (Wildman–Crippen LogP) is 5.26.